The van der Waals surface area contributed by atoms with E-state index >= 15 is 0 Å². The van der Waals surface area contributed by atoms with Crippen molar-refractivity contribution in [2.24, 2.45) is 0 Å². The number of aryl methyl sites for hydroxylation is 1. The molecule has 0 aliphatic carbocycles. The maximum absolute atomic E-state index is 12.2. The molecule has 0 fully saturated rings. The fourth-order valence-corrected chi connectivity index (χ4v) is 1.99. The summed E-state index contributed by atoms with van der Waals surface area (Å²) in [5, 5.41) is 6.90. The van der Waals surface area contributed by atoms with Crippen molar-refractivity contribution in [3.8, 4) is 5.75 Å². The predicted octanol–water partition coefficient (Wildman–Crippen LogP) is 1.44. The molecule has 1 amide bonds. The van der Waals surface area contributed by atoms with Gasteiger partial charge >= 0.3 is 0 Å². The molecule has 1 N–H and O–H groups in total. The van der Waals surface area contributed by atoms with Crippen molar-refractivity contribution in [1.29, 1.82) is 0 Å². The van der Waals surface area contributed by atoms with Gasteiger partial charge in [-0.3, -0.25) is 9.59 Å². The van der Waals surface area contributed by atoms with Crippen LogP contribution in [-0.4, -0.2) is 22.8 Å². The van der Waals surface area contributed by atoms with E-state index in [1.54, 1.807) is 27.0 Å². The normalized spacial score (nSPS) is 11.8. The Bertz CT molecular complexity index is 707. The van der Waals surface area contributed by atoms with Crippen molar-refractivity contribution in [1.82, 2.24) is 15.1 Å². The average molecular weight is 301 g/mol. The van der Waals surface area contributed by atoms with Crippen LogP contribution in [0.1, 0.15) is 24.2 Å². The van der Waals surface area contributed by atoms with Crippen molar-refractivity contribution >= 4 is 5.91 Å². The third kappa shape index (κ3) is 3.72. The van der Waals surface area contributed by atoms with Gasteiger partial charge in [-0.2, -0.15) is 5.10 Å². The maximum Gasteiger partial charge on any atom is 0.267 e. The van der Waals surface area contributed by atoms with Crippen LogP contribution >= 0.6 is 0 Å². The first-order chi connectivity index (χ1) is 10.5. The summed E-state index contributed by atoms with van der Waals surface area (Å²) in [7, 11) is 1.60. The molecule has 2 aromatic rings. The molecule has 0 aliphatic rings. The molecular formula is C16H19N3O3. The van der Waals surface area contributed by atoms with Crippen LogP contribution in [0.25, 0.3) is 0 Å². The molecule has 0 spiro atoms. The van der Waals surface area contributed by atoms with Gasteiger partial charge < -0.3 is 10.1 Å². The van der Waals surface area contributed by atoms with Gasteiger partial charge in [0, 0.05) is 12.6 Å². The Hall–Kier alpha value is -2.63. The van der Waals surface area contributed by atoms with E-state index in [4.69, 9.17) is 4.74 Å². The number of rotatable bonds is 5. The summed E-state index contributed by atoms with van der Waals surface area (Å²) < 4.78 is 6.27. The number of ether oxygens (including phenoxy) is 1. The zero-order chi connectivity index (χ0) is 16.1. The van der Waals surface area contributed by atoms with Crippen LogP contribution < -0.4 is 15.6 Å². The van der Waals surface area contributed by atoms with E-state index in [1.807, 2.05) is 24.3 Å². The van der Waals surface area contributed by atoms with Crippen LogP contribution in [0.15, 0.2) is 41.2 Å². The Labute approximate surface area is 128 Å². The van der Waals surface area contributed by atoms with Crippen LogP contribution in [0, 0.1) is 6.92 Å². The third-order valence-electron chi connectivity index (χ3n) is 3.33. The van der Waals surface area contributed by atoms with E-state index in [0.29, 0.717) is 12.2 Å². The lowest BCUT2D eigenvalue weighted by molar-refractivity contribution is -0.124. The largest absolute Gasteiger partial charge is 0.497 e. The molecule has 1 atom stereocenters. The Morgan fingerprint density at radius 1 is 1.27 bits per heavy atom. The number of nitrogens with one attached hydrogen (secondary N) is 1. The van der Waals surface area contributed by atoms with Crippen molar-refractivity contribution in [3.63, 3.8) is 0 Å². The lowest BCUT2D eigenvalue weighted by Gasteiger charge is -2.14. The first kappa shape index (κ1) is 15.8. The van der Waals surface area contributed by atoms with Crippen LogP contribution in [0.4, 0.5) is 0 Å². The minimum atomic E-state index is -0.661. The standard InChI is InChI=1S/C16H19N3O3/c1-11-4-9-15(20)19(18-11)12(2)16(21)17-10-13-5-7-14(22-3)8-6-13/h4-9,12H,10H2,1-3H3,(H,17,21)/t12-/m0/s1. The fourth-order valence-electron chi connectivity index (χ4n) is 1.99. The van der Waals surface area contributed by atoms with Crippen molar-refractivity contribution in [3.05, 3.63) is 58.0 Å². The zero-order valence-corrected chi connectivity index (χ0v) is 12.9. The Balaban J connectivity index is 2.01. The van der Waals surface area contributed by atoms with Crippen molar-refractivity contribution in [2.75, 3.05) is 7.11 Å². The number of hydrogen-bond donors (Lipinski definition) is 1. The summed E-state index contributed by atoms with van der Waals surface area (Å²) in [6, 6.07) is 9.79. The minimum Gasteiger partial charge on any atom is -0.497 e. The van der Waals surface area contributed by atoms with E-state index in [0.717, 1.165) is 11.3 Å². The highest BCUT2D eigenvalue weighted by molar-refractivity contribution is 5.79. The summed E-state index contributed by atoms with van der Waals surface area (Å²) in [4.78, 5) is 23.9. The first-order valence-electron chi connectivity index (χ1n) is 6.98. The number of methoxy groups -OCH3 is 1. The van der Waals surface area contributed by atoms with Gasteiger partial charge in [-0.1, -0.05) is 12.1 Å². The minimum absolute atomic E-state index is 0.254. The third-order valence-corrected chi connectivity index (χ3v) is 3.33. The highest BCUT2D eigenvalue weighted by atomic mass is 16.5. The maximum atomic E-state index is 12.2. The second kappa shape index (κ2) is 6.89. The van der Waals surface area contributed by atoms with Crippen molar-refractivity contribution < 1.29 is 9.53 Å². The first-order valence-corrected chi connectivity index (χ1v) is 6.98. The van der Waals surface area contributed by atoms with Crippen LogP contribution in [-0.2, 0) is 11.3 Å². The monoisotopic (exact) mass is 301 g/mol. The number of aromatic nitrogens is 2. The van der Waals surface area contributed by atoms with Gasteiger partial charge in [0.25, 0.3) is 5.56 Å². The molecule has 1 heterocycles. The Kier molecular flexibility index (Phi) is 4.93. The summed E-state index contributed by atoms with van der Waals surface area (Å²) in [6.07, 6.45) is 0. The highest BCUT2D eigenvalue weighted by Crippen LogP contribution is 2.11. The molecule has 2 rings (SSSR count). The van der Waals surface area contributed by atoms with Gasteiger partial charge in [0.1, 0.15) is 11.8 Å². The molecule has 1 aromatic carbocycles. The van der Waals surface area contributed by atoms with E-state index in [1.165, 1.54) is 10.7 Å². The fraction of sp³-hybridized carbons (Fsp3) is 0.312. The van der Waals surface area contributed by atoms with Gasteiger partial charge in [0.2, 0.25) is 5.91 Å². The van der Waals surface area contributed by atoms with E-state index in [9.17, 15) is 9.59 Å². The van der Waals surface area contributed by atoms with Crippen molar-refractivity contribution in [2.45, 2.75) is 26.4 Å². The van der Waals surface area contributed by atoms with E-state index < -0.39 is 6.04 Å². The number of hydrogen-bond acceptors (Lipinski definition) is 4. The SMILES string of the molecule is COc1ccc(CNC(=O)[C@H](C)n2nc(C)ccc2=O)cc1. The summed E-state index contributed by atoms with van der Waals surface area (Å²) in [5.74, 6) is 0.509. The van der Waals surface area contributed by atoms with Gasteiger partial charge in [0.05, 0.1) is 12.8 Å². The molecule has 6 nitrogen and oxygen atoms in total. The lowest BCUT2D eigenvalue weighted by atomic mass is 10.2. The number of carbonyl (C=O) groups excluding carboxylic acids is 1. The number of nitrogens with zero attached hydrogens (tertiary/aromatic N) is 2. The average Bonchev–Trinajstić information content (AvgIpc) is 2.54. The molecule has 0 bridgehead atoms. The number of carbonyl (C=O) groups is 1. The molecule has 0 aliphatic heterocycles. The molecule has 1 aromatic heterocycles. The topological polar surface area (TPSA) is 73.2 Å². The van der Waals surface area contributed by atoms with Crippen LogP contribution in [0.5, 0.6) is 5.75 Å². The molecule has 0 saturated heterocycles. The second-order valence-electron chi connectivity index (χ2n) is 5.00. The zero-order valence-electron chi connectivity index (χ0n) is 12.9. The number of amides is 1. The Morgan fingerprint density at radius 2 is 1.95 bits per heavy atom. The van der Waals surface area contributed by atoms with Gasteiger partial charge in [0.15, 0.2) is 0 Å². The van der Waals surface area contributed by atoms with Gasteiger partial charge in [-0.15, -0.1) is 0 Å². The van der Waals surface area contributed by atoms with Gasteiger partial charge in [-0.05, 0) is 37.6 Å². The summed E-state index contributed by atoms with van der Waals surface area (Å²) >= 11 is 0. The molecule has 116 valence electrons. The van der Waals surface area contributed by atoms with Crippen LogP contribution in [0.3, 0.4) is 0 Å². The Morgan fingerprint density at radius 3 is 2.59 bits per heavy atom. The molecule has 0 radical (unpaired) electrons. The lowest BCUT2D eigenvalue weighted by Crippen LogP contribution is -2.36. The molecule has 0 unspecified atom stereocenters. The second-order valence-corrected chi connectivity index (χ2v) is 5.00. The molecule has 6 heteroatoms. The predicted molar refractivity (Wildman–Crippen MR) is 82.8 cm³/mol. The van der Waals surface area contributed by atoms with Crippen LogP contribution in [0.2, 0.25) is 0 Å². The smallest absolute Gasteiger partial charge is 0.267 e. The molecular weight excluding hydrogens is 282 g/mol. The molecule has 0 saturated carbocycles. The van der Waals surface area contributed by atoms with E-state index in [2.05, 4.69) is 10.4 Å². The van der Waals surface area contributed by atoms with E-state index in [-0.39, 0.29) is 11.5 Å². The highest BCUT2D eigenvalue weighted by Gasteiger charge is 2.16. The molecule has 22 heavy (non-hydrogen) atoms. The number of benzene rings is 1. The van der Waals surface area contributed by atoms with Gasteiger partial charge in [-0.25, -0.2) is 4.68 Å². The quantitative estimate of drug-likeness (QED) is 0.907. The summed E-state index contributed by atoms with van der Waals surface area (Å²) in [6.45, 7) is 3.81. The summed E-state index contributed by atoms with van der Waals surface area (Å²) in [5.41, 5.74) is 1.35.